The third kappa shape index (κ3) is 6.28. The molecule has 1 saturated heterocycles. The van der Waals surface area contributed by atoms with Crippen molar-refractivity contribution in [3.8, 4) is 0 Å². The molecule has 0 aromatic carbocycles. The highest BCUT2D eigenvalue weighted by atomic mass is 16.7. The maximum absolute atomic E-state index is 11.7. The van der Waals surface area contributed by atoms with Gasteiger partial charge in [-0.3, -0.25) is 0 Å². The van der Waals surface area contributed by atoms with Crippen LogP contribution in [0, 0.1) is 58.2 Å². The fourth-order valence-electron chi connectivity index (χ4n) is 11.4. The second-order valence-corrected chi connectivity index (χ2v) is 16.5. The summed E-state index contributed by atoms with van der Waals surface area (Å²) in [6.45, 7) is 11.6. The molecule has 4 saturated carbocycles. The van der Waals surface area contributed by atoms with E-state index in [9.17, 15) is 35.7 Å². The maximum atomic E-state index is 11.7. The Hall–Kier alpha value is -0.400. The van der Waals surface area contributed by atoms with Crippen LogP contribution in [0.5, 0.6) is 0 Å². The summed E-state index contributed by atoms with van der Waals surface area (Å²) >= 11 is 0. The zero-order chi connectivity index (χ0) is 33.0. The van der Waals surface area contributed by atoms with E-state index in [-0.39, 0.29) is 52.9 Å². The molecule has 0 spiro atoms. The minimum atomic E-state index is -1.17. The summed E-state index contributed by atoms with van der Waals surface area (Å²) in [6.07, 6.45) is -1.70. The van der Waals surface area contributed by atoms with Crippen molar-refractivity contribution >= 4 is 0 Å². The first-order chi connectivity index (χ1) is 21.2. The predicted molar refractivity (Wildman–Crippen MR) is 167 cm³/mol. The van der Waals surface area contributed by atoms with Crippen molar-refractivity contribution in [2.24, 2.45) is 58.2 Å². The van der Waals surface area contributed by atoms with Crippen LogP contribution in [0.2, 0.25) is 0 Å². The van der Waals surface area contributed by atoms with E-state index >= 15 is 0 Å². The molecular weight excluding hydrogens is 580 g/mol. The van der Waals surface area contributed by atoms with Gasteiger partial charge in [0.1, 0.15) is 18.3 Å². The molecule has 0 aromatic rings. The molecular formula is C35H62O10. The Morgan fingerprint density at radius 2 is 1.44 bits per heavy atom. The fourth-order valence-corrected chi connectivity index (χ4v) is 11.4. The van der Waals surface area contributed by atoms with Crippen molar-refractivity contribution in [3.05, 3.63) is 0 Å². The number of hydrogen-bond donors (Lipinski definition) is 7. The number of fused-ring (bicyclic) bond motifs is 5. The molecule has 262 valence electrons. The van der Waals surface area contributed by atoms with E-state index in [1.54, 1.807) is 0 Å². The standard InChI is InChI=1S/C35H62O10/c1-17(2)19(11-14-44-33-32(42)29(39)24(43-6)16-45-33)8-7-18(3)25-30(40)31(41)26-20-15-23(37)27-28(38)22(36)10-13-34(27,4)21(20)9-12-35(25,26)5/h17-33,36-42H,7-16H2,1-6H3. The number of aliphatic hydroxyl groups is 7. The van der Waals surface area contributed by atoms with Crippen LogP contribution in [-0.4, -0.2) is 111 Å². The van der Waals surface area contributed by atoms with Gasteiger partial charge < -0.3 is 50.0 Å². The van der Waals surface area contributed by atoms with Crippen LogP contribution in [0.15, 0.2) is 0 Å². The summed E-state index contributed by atoms with van der Waals surface area (Å²) in [6, 6.07) is 0. The quantitative estimate of drug-likeness (QED) is 0.187. The van der Waals surface area contributed by atoms with Crippen molar-refractivity contribution in [2.45, 2.75) is 141 Å². The zero-order valence-corrected chi connectivity index (χ0v) is 28.2. The van der Waals surface area contributed by atoms with E-state index in [0.29, 0.717) is 31.3 Å². The molecule has 1 aliphatic heterocycles. The molecule has 10 heteroatoms. The second-order valence-electron chi connectivity index (χ2n) is 16.5. The van der Waals surface area contributed by atoms with Gasteiger partial charge in [0.15, 0.2) is 6.29 Å². The lowest BCUT2D eigenvalue weighted by Gasteiger charge is -2.63. The summed E-state index contributed by atoms with van der Waals surface area (Å²) in [7, 11) is 1.47. The van der Waals surface area contributed by atoms with Gasteiger partial charge in [-0.05, 0) is 97.2 Å². The summed E-state index contributed by atoms with van der Waals surface area (Å²) in [5.41, 5.74) is -0.577. The SMILES string of the molecule is COC1COC(OCCC(CCC(C)C2C(O)C(O)C3C4CC(O)C5C(O)C(O)CCC5(C)C4CCC23C)C(C)C)C(O)C1O. The molecule has 7 N–H and O–H groups in total. The third-order valence-corrected chi connectivity index (χ3v) is 13.9. The highest BCUT2D eigenvalue weighted by Gasteiger charge is 2.68. The van der Waals surface area contributed by atoms with Gasteiger partial charge in [0.2, 0.25) is 0 Å². The lowest BCUT2D eigenvalue weighted by molar-refractivity contribution is -0.274. The number of hydrogen-bond acceptors (Lipinski definition) is 10. The van der Waals surface area contributed by atoms with Crippen molar-refractivity contribution in [2.75, 3.05) is 20.3 Å². The Kier molecular flexibility index (Phi) is 11.0. The highest BCUT2D eigenvalue weighted by molar-refractivity contribution is 5.16. The molecule has 5 fully saturated rings. The topological polar surface area (TPSA) is 169 Å². The smallest absolute Gasteiger partial charge is 0.186 e. The monoisotopic (exact) mass is 642 g/mol. The van der Waals surface area contributed by atoms with E-state index < -0.39 is 55.1 Å². The molecule has 4 aliphatic carbocycles. The van der Waals surface area contributed by atoms with Gasteiger partial charge in [0.05, 0.1) is 43.7 Å². The lowest BCUT2D eigenvalue weighted by atomic mass is 9.43. The van der Waals surface area contributed by atoms with Crippen LogP contribution >= 0.6 is 0 Å². The average Bonchev–Trinajstić information content (AvgIpc) is 3.19. The van der Waals surface area contributed by atoms with Crippen LogP contribution in [0.25, 0.3) is 0 Å². The molecule has 0 aromatic heterocycles. The number of aliphatic hydroxyl groups excluding tert-OH is 7. The molecule has 18 atom stereocenters. The van der Waals surface area contributed by atoms with E-state index in [1.807, 2.05) is 0 Å². The van der Waals surface area contributed by atoms with E-state index in [2.05, 4.69) is 34.6 Å². The Bertz CT molecular complexity index is 982. The number of methoxy groups -OCH3 is 1. The highest BCUT2D eigenvalue weighted by Crippen LogP contribution is 2.68. The first-order valence-electron chi connectivity index (χ1n) is 17.7. The molecule has 45 heavy (non-hydrogen) atoms. The van der Waals surface area contributed by atoms with Gasteiger partial charge >= 0.3 is 0 Å². The van der Waals surface area contributed by atoms with Gasteiger partial charge in [-0.1, -0.05) is 41.0 Å². The minimum absolute atomic E-state index is 0.0555. The van der Waals surface area contributed by atoms with E-state index in [1.165, 1.54) is 7.11 Å². The number of rotatable bonds is 10. The Morgan fingerprint density at radius 3 is 2.11 bits per heavy atom. The predicted octanol–water partition coefficient (Wildman–Crippen LogP) is 2.08. The first kappa shape index (κ1) is 35.9. The molecule has 0 bridgehead atoms. The largest absolute Gasteiger partial charge is 0.393 e. The third-order valence-electron chi connectivity index (χ3n) is 13.9. The summed E-state index contributed by atoms with van der Waals surface area (Å²) in [5, 5.41) is 76.6. The van der Waals surface area contributed by atoms with Crippen molar-refractivity contribution in [3.63, 3.8) is 0 Å². The molecule has 1 heterocycles. The maximum Gasteiger partial charge on any atom is 0.186 e. The van der Waals surface area contributed by atoms with Gasteiger partial charge in [0, 0.05) is 13.0 Å². The Morgan fingerprint density at radius 1 is 0.756 bits per heavy atom. The van der Waals surface area contributed by atoms with Gasteiger partial charge in [-0.25, -0.2) is 0 Å². The van der Waals surface area contributed by atoms with Gasteiger partial charge in [0.25, 0.3) is 0 Å². The second kappa shape index (κ2) is 13.8. The number of ether oxygens (including phenoxy) is 3. The summed E-state index contributed by atoms with van der Waals surface area (Å²) in [4.78, 5) is 0. The van der Waals surface area contributed by atoms with E-state index in [0.717, 1.165) is 38.5 Å². The lowest BCUT2D eigenvalue weighted by Crippen LogP contribution is -2.63. The first-order valence-corrected chi connectivity index (χ1v) is 17.7. The zero-order valence-electron chi connectivity index (χ0n) is 28.2. The van der Waals surface area contributed by atoms with Crippen LogP contribution in [0.3, 0.4) is 0 Å². The van der Waals surface area contributed by atoms with E-state index in [4.69, 9.17) is 14.2 Å². The van der Waals surface area contributed by atoms with Crippen LogP contribution in [-0.2, 0) is 14.2 Å². The molecule has 18 unspecified atom stereocenters. The molecule has 0 radical (unpaired) electrons. The van der Waals surface area contributed by atoms with Crippen molar-refractivity contribution < 1.29 is 50.0 Å². The van der Waals surface area contributed by atoms with Crippen molar-refractivity contribution in [1.29, 1.82) is 0 Å². The van der Waals surface area contributed by atoms with Crippen LogP contribution < -0.4 is 0 Å². The van der Waals surface area contributed by atoms with Gasteiger partial charge in [-0.2, -0.15) is 0 Å². The summed E-state index contributed by atoms with van der Waals surface area (Å²) in [5.74, 6) is 0.649. The Labute approximate surface area is 269 Å². The fraction of sp³-hybridized carbons (Fsp3) is 1.00. The Balaban J connectivity index is 1.22. The van der Waals surface area contributed by atoms with Crippen LogP contribution in [0.4, 0.5) is 0 Å². The molecule has 5 rings (SSSR count). The van der Waals surface area contributed by atoms with Gasteiger partial charge in [-0.15, -0.1) is 0 Å². The molecule has 5 aliphatic rings. The van der Waals surface area contributed by atoms with Crippen molar-refractivity contribution in [1.82, 2.24) is 0 Å². The normalized spacial score (nSPS) is 51.3. The summed E-state index contributed by atoms with van der Waals surface area (Å²) < 4.78 is 16.6. The molecule has 10 nitrogen and oxygen atoms in total. The minimum Gasteiger partial charge on any atom is -0.393 e. The van der Waals surface area contributed by atoms with Crippen LogP contribution in [0.1, 0.15) is 86.0 Å². The molecule has 0 amide bonds. The average molecular weight is 643 g/mol.